The molecular weight excluding hydrogens is 352 g/mol. The van der Waals surface area contributed by atoms with Crippen molar-refractivity contribution in [3.63, 3.8) is 0 Å². The summed E-state index contributed by atoms with van der Waals surface area (Å²) in [5, 5.41) is 9.70. The largest absolute Gasteiger partial charge is 0.479 e. The summed E-state index contributed by atoms with van der Waals surface area (Å²) in [6, 6.07) is 0. The lowest BCUT2D eigenvalue weighted by Gasteiger charge is -2.31. The molecule has 144 valence electrons. The van der Waals surface area contributed by atoms with E-state index in [1.165, 1.54) is 12.2 Å². The molecule has 3 aliphatic rings. The van der Waals surface area contributed by atoms with Crippen LogP contribution < -0.4 is 0 Å². The highest BCUT2D eigenvalue weighted by molar-refractivity contribution is 6.00. The standard InChI is InChI=1S/C20H22O7/c1-5-10(2)18(23)26-15-8-20(4)16(22)7-13(27-20)12(9-21)6-14-17(15)11(3)19(24)25-14/h5-7,14-15,17,21H,3,8-9H2,1-2,4H3/b10-5?,12-6-/t14-,15-,17+,20-/m1/s1. The lowest BCUT2D eigenvalue weighted by Crippen LogP contribution is -2.42. The molecule has 0 spiro atoms. The van der Waals surface area contributed by atoms with Crippen LogP contribution in [0.2, 0.25) is 0 Å². The van der Waals surface area contributed by atoms with Crippen molar-refractivity contribution in [1.82, 2.24) is 0 Å². The van der Waals surface area contributed by atoms with Gasteiger partial charge in [-0.15, -0.1) is 0 Å². The van der Waals surface area contributed by atoms with Crippen LogP contribution in [-0.2, 0) is 28.6 Å². The summed E-state index contributed by atoms with van der Waals surface area (Å²) in [5.41, 5.74) is -0.385. The molecular formula is C20H22O7. The number of fused-ring (bicyclic) bond motifs is 3. The minimum atomic E-state index is -1.28. The van der Waals surface area contributed by atoms with Gasteiger partial charge in [-0.2, -0.15) is 0 Å². The minimum Gasteiger partial charge on any atom is -0.479 e. The van der Waals surface area contributed by atoms with Gasteiger partial charge in [0.1, 0.15) is 18.0 Å². The van der Waals surface area contributed by atoms with Crippen LogP contribution in [0.5, 0.6) is 0 Å². The number of hydrogen-bond acceptors (Lipinski definition) is 7. The minimum absolute atomic E-state index is 0.0257. The van der Waals surface area contributed by atoms with E-state index in [0.29, 0.717) is 11.1 Å². The molecule has 27 heavy (non-hydrogen) atoms. The Balaban J connectivity index is 2.07. The van der Waals surface area contributed by atoms with Gasteiger partial charge >= 0.3 is 11.9 Å². The second kappa shape index (κ2) is 6.81. The molecule has 4 atom stereocenters. The van der Waals surface area contributed by atoms with E-state index in [1.54, 1.807) is 26.8 Å². The van der Waals surface area contributed by atoms with Gasteiger partial charge < -0.3 is 19.3 Å². The zero-order valence-electron chi connectivity index (χ0n) is 15.5. The van der Waals surface area contributed by atoms with Crippen LogP contribution in [-0.4, -0.2) is 47.2 Å². The first-order chi connectivity index (χ1) is 12.7. The average molecular weight is 374 g/mol. The van der Waals surface area contributed by atoms with Crippen molar-refractivity contribution < 1.29 is 33.7 Å². The summed E-state index contributed by atoms with van der Waals surface area (Å²) in [7, 11) is 0. The summed E-state index contributed by atoms with van der Waals surface area (Å²) < 4.78 is 16.8. The number of ketones is 1. The van der Waals surface area contributed by atoms with Crippen LogP contribution >= 0.6 is 0 Å². The zero-order valence-corrected chi connectivity index (χ0v) is 15.5. The van der Waals surface area contributed by atoms with E-state index >= 15 is 0 Å². The predicted octanol–water partition coefficient (Wildman–Crippen LogP) is 1.53. The maximum absolute atomic E-state index is 12.5. The molecule has 1 N–H and O–H groups in total. The first-order valence-electron chi connectivity index (χ1n) is 8.71. The van der Waals surface area contributed by atoms with Crippen LogP contribution in [0.15, 0.2) is 47.3 Å². The summed E-state index contributed by atoms with van der Waals surface area (Å²) in [5.74, 6) is -1.90. The third-order valence-corrected chi connectivity index (χ3v) is 5.24. The Labute approximate surface area is 157 Å². The molecule has 0 amide bonds. The third-order valence-electron chi connectivity index (χ3n) is 5.24. The fourth-order valence-electron chi connectivity index (χ4n) is 3.46. The highest BCUT2D eigenvalue weighted by atomic mass is 16.6. The molecule has 0 aliphatic carbocycles. The van der Waals surface area contributed by atoms with Gasteiger partial charge in [0.15, 0.2) is 5.60 Å². The Morgan fingerprint density at radius 1 is 1.48 bits per heavy atom. The highest BCUT2D eigenvalue weighted by Gasteiger charge is 2.52. The molecule has 0 unspecified atom stereocenters. The molecule has 0 aromatic heterocycles. The van der Waals surface area contributed by atoms with Crippen LogP contribution in [0.3, 0.4) is 0 Å². The van der Waals surface area contributed by atoms with Crippen molar-refractivity contribution in [3.05, 3.63) is 47.3 Å². The zero-order chi connectivity index (χ0) is 19.9. The fraction of sp³-hybridized carbons (Fsp3) is 0.450. The predicted molar refractivity (Wildman–Crippen MR) is 94.2 cm³/mol. The average Bonchev–Trinajstić information content (AvgIpc) is 3.08. The second-order valence-corrected chi connectivity index (χ2v) is 7.10. The van der Waals surface area contributed by atoms with Gasteiger partial charge in [-0.1, -0.05) is 12.7 Å². The van der Waals surface area contributed by atoms with Gasteiger partial charge in [0.05, 0.1) is 12.5 Å². The van der Waals surface area contributed by atoms with Crippen LogP contribution in [0.1, 0.15) is 27.2 Å². The molecule has 7 nitrogen and oxygen atoms in total. The molecule has 3 aliphatic heterocycles. The molecule has 3 rings (SSSR count). The second-order valence-electron chi connectivity index (χ2n) is 7.10. The number of ether oxygens (including phenoxy) is 3. The number of carbonyl (C=O) groups is 3. The van der Waals surface area contributed by atoms with E-state index in [2.05, 4.69) is 6.58 Å². The number of aliphatic hydroxyl groups is 1. The van der Waals surface area contributed by atoms with E-state index in [1.807, 2.05) is 0 Å². The molecule has 7 heteroatoms. The topological polar surface area (TPSA) is 99.1 Å². The molecule has 1 fully saturated rings. The first kappa shape index (κ1) is 19.1. The number of allylic oxidation sites excluding steroid dienone is 1. The Bertz CT molecular complexity index is 816. The maximum Gasteiger partial charge on any atom is 0.334 e. The van der Waals surface area contributed by atoms with E-state index in [0.717, 1.165) is 0 Å². The van der Waals surface area contributed by atoms with Crippen molar-refractivity contribution in [3.8, 4) is 0 Å². The number of esters is 2. The van der Waals surface area contributed by atoms with Crippen molar-refractivity contribution >= 4 is 17.7 Å². The van der Waals surface area contributed by atoms with Crippen molar-refractivity contribution in [1.29, 1.82) is 0 Å². The first-order valence-corrected chi connectivity index (χ1v) is 8.71. The number of hydrogen-bond donors (Lipinski definition) is 1. The monoisotopic (exact) mass is 374 g/mol. The Kier molecular flexibility index (Phi) is 4.82. The van der Waals surface area contributed by atoms with Crippen LogP contribution in [0.25, 0.3) is 0 Å². The summed E-state index contributed by atoms with van der Waals surface area (Å²) in [6.07, 6.45) is 2.83. The van der Waals surface area contributed by atoms with Gasteiger partial charge in [0, 0.05) is 29.2 Å². The van der Waals surface area contributed by atoms with E-state index in [4.69, 9.17) is 14.2 Å². The van der Waals surface area contributed by atoms with Gasteiger partial charge in [-0.25, -0.2) is 9.59 Å². The van der Waals surface area contributed by atoms with Gasteiger partial charge in [0.25, 0.3) is 0 Å². The lowest BCUT2D eigenvalue weighted by atomic mass is 9.82. The molecule has 2 bridgehead atoms. The molecule has 0 aromatic rings. The van der Waals surface area contributed by atoms with Gasteiger partial charge in [-0.3, -0.25) is 4.79 Å². The Morgan fingerprint density at radius 2 is 2.19 bits per heavy atom. The highest BCUT2D eigenvalue weighted by Crippen LogP contribution is 2.42. The van der Waals surface area contributed by atoms with E-state index in [9.17, 15) is 19.5 Å². The van der Waals surface area contributed by atoms with Gasteiger partial charge in [0.2, 0.25) is 5.78 Å². The normalized spacial score (nSPS) is 35.0. The molecule has 3 heterocycles. The van der Waals surface area contributed by atoms with Crippen molar-refractivity contribution in [2.24, 2.45) is 5.92 Å². The van der Waals surface area contributed by atoms with E-state index < -0.39 is 42.3 Å². The quantitative estimate of drug-likeness (QED) is 0.591. The Morgan fingerprint density at radius 3 is 2.81 bits per heavy atom. The Hall–Kier alpha value is -2.67. The lowest BCUT2D eigenvalue weighted by molar-refractivity contribution is -0.153. The molecule has 0 aromatic carbocycles. The van der Waals surface area contributed by atoms with Crippen LogP contribution in [0, 0.1) is 5.92 Å². The van der Waals surface area contributed by atoms with E-state index in [-0.39, 0.29) is 23.5 Å². The number of rotatable bonds is 3. The third kappa shape index (κ3) is 3.23. The summed E-state index contributed by atoms with van der Waals surface area (Å²) >= 11 is 0. The SMILES string of the molecule is C=C1C(=O)O[C@@H]2/C=C(/CO)C3=CC(=O)[C@@](C)(C[C@@H](OC(=O)C(C)=CC)[C@@H]12)O3. The number of carbonyl (C=O) groups excluding carboxylic acids is 3. The molecule has 1 saturated heterocycles. The fourth-order valence-corrected chi connectivity index (χ4v) is 3.46. The van der Waals surface area contributed by atoms with Crippen molar-refractivity contribution in [2.45, 2.75) is 45.0 Å². The molecule has 0 saturated carbocycles. The van der Waals surface area contributed by atoms with Crippen LogP contribution in [0.4, 0.5) is 0 Å². The van der Waals surface area contributed by atoms with Crippen molar-refractivity contribution in [2.75, 3.05) is 6.61 Å². The summed E-state index contributed by atoms with van der Waals surface area (Å²) in [4.78, 5) is 37.0. The number of aliphatic hydroxyl groups excluding tert-OH is 1. The smallest absolute Gasteiger partial charge is 0.334 e. The summed E-state index contributed by atoms with van der Waals surface area (Å²) in [6.45, 7) is 8.31. The van der Waals surface area contributed by atoms with Gasteiger partial charge in [-0.05, 0) is 26.8 Å². The maximum atomic E-state index is 12.5. The molecule has 0 radical (unpaired) electrons.